The molecule has 2 heterocycles. The average Bonchev–Trinajstić information content (AvgIpc) is 2.53. The van der Waals surface area contributed by atoms with Crippen LogP contribution in [0, 0.1) is 11.3 Å². The number of aliphatic hydroxyl groups is 1. The van der Waals surface area contributed by atoms with E-state index in [1.807, 2.05) is 0 Å². The average molecular weight is 303 g/mol. The Hall–Kier alpha value is -1.65. The molecule has 3 rings (SSSR count). The van der Waals surface area contributed by atoms with Gasteiger partial charge < -0.3 is 19.9 Å². The Morgan fingerprint density at radius 3 is 2.64 bits per heavy atom. The highest BCUT2D eigenvalue weighted by atomic mass is 16.5. The van der Waals surface area contributed by atoms with Crippen molar-refractivity contribution in [3.8, 4) is 11.8 Å². The maximum absolute atomic E-state index is 10.2. The maximum Gasteiger partial charge on any atom is 0.119 e. The first-order valence-corrected chi connectivity index (χ1v) is 7.62. The van der Waals surface area contributed by atoms with Crippen LogP contribution in [0.5, 0.6) is 5.75 Å². The molecule has 6 nitrogen and oxygen atoms in total. The zero-order valence-electron chi connectivity index (χ0n) is 12.4. The number of β-amino-alcohol motifs (C(OH)–C–C–N with tert-alkyl or cyclic N) is 1. The van der Waals surface area contributed by atoms with Crippen LogP contribution in [-0.4, -0.2) is 67.6 Å². The lowest BCUT2D eigenvalue weighted by molar-refractivity contribution is -0.110. The number of fused-ring (bicyclic) bond motifs is 2. The standard InChI is InChI=1S/C16H21N3O3/c17-5-12-1-3-14(4-2-12)21-11-13(20)8-19-9-15-6-18-7-16(10-19)22-15/h1-4,13,15-16,18,20H,6-11H2/t13-,15?,16?/m1/s1. The van der Waals surface area contributed by atoms with Crippen molar-refractivity contribution >= 4 is 0 Å². The summed E-state index contributed by atoms with van der Waals surface area (Å²) in [5, 5.41) is 22.3. The molecule has 2 fully saturated rings. The van der Waals surface area contributed by atoms with Crippen LogP contribution in [0.4, 0.5) is 0 Å². The Bertz CT molecular complexity index is 516. The van der Waals surface area contributed by atoms with Crippen molar-refractivity contribution in [2.24, 2.45) is 0 Å². The van der Waals surface area contributed by atoms with Crippen molar-refractivity contribution in [2.45, 2.75) is 18.3 Å². The number of hydrogen-bond acceptors (Lipinski definition) is 6. The van der Waals surface area contributed by atoms with E-state index in [-0.39, 0.29) is 18.8 Å². The molecule has 0 amide bonds. The Kier molecular flexibility index (Phi) is 4.90. The first kappa shape index (κ1) is 15.3. The summed E-state index contributed by atoms with van der Waals surface area (Å²) in [5.41, 5.74) is 0.598. The normalized spacial score (nSPS) is 26.2. The first-order chi connectivity index (χ1) is 10.7. The fraction of sp³-hybridized carbons (Fsp3) is 0.562. The van der Waals surface area contributed by atoms with Gasteiger partial charge in [-0.3, -0.25) is 4.90 Å². The Morgan fingerprint density at radius 2 is 2.00 bits per heavy atom. The number of benzene rings is 1. The van der Waals surface area contributed by atoms with Gasteiger partial charge in [0.05, 0.1) is 23.8 Å². The van der Waals surface area contributed by atoms with E-state index in [2.05, 4.69) is 16.3 Å². The van der Waals surface area contributed by atoms with E-state index in [1.165, 1.54) is 0 Å². The van der Waals surface area contributed by atoms with Gasteiger partial charge in [-0.1, -0.05) is 0 Å². The lowest BCUT2D eigenvalue weighted by Crippen LogP contribution is -2.59. The molecule has 2 aliphatic heterocycles. The minimum Gasteiger partial charge on any atom is -0.491 e. The summed E-state index contributed by atoms with van der Waals surface area (Å²) in [4.78, 5) is 2.24. The molecule has 22 heavy (non-hydrogen) atoms. The lowest BCUT2D eigenvalue weighted by atomic mass is 10.1. The second-order valence-electron chi connectivity index (χ2n) is 5.86. The fourth-order valence-electron chi connectivity index (χ4n) is 2.96. The third-order valence-electron chi connectivity index (χ3n) is 3.95. The van der Waals surface area contributed by atoms with Crippen molar-refractivity contribution in [3.05, 3.63) is 29.8 Å². The first-order valence-electron chi connectivity index (χ1n) is 7.62. The van der Waals surface area contributed by atoms with E-state index in [4.69, 9.17) is 14.7 Å². The number of rotatable bonds is 5. The van der Waals surface area contributed by atoms with Crippen LogP contribution in [0.15, 0.2) is 24.3 Å². The summed E-state index contributed by atoms with van der Waals surface area (Å²) < 4.78 is 11.4. The van der Waals surface area contributed by atoms with Gasteiger partial charge in [0.25, 0.3) is 0 Å². The molecule has 0 aromatic heterocycles. The van der Waals surface area contributed by atoms with E-state index in [9.17, 15) is 5.11 Å². The molecule has 0 saturated carbocycles. The molecular weight excluding hydrogens is 282 g/mol. The predicted octanol–water partition coefficient (Wildman–Crippen LogP) is -0.0294. The van der Waals surface area contributed by atoms with Crippen LogP contribution in [0.2, 0.25) is 0 Å². The molecule has 1 aromatic carbocycles. The molecule has 2 bridgehead atoms. The monoisotopic (exact) mass is 303 g/mol. The van der Waals surface area contributed by atoms with Crippen LogP contribution in [-0.2, 0) is 4.74 Å². The zero-order chi connectivity index (χ0) is 15.4. The van der Waals surface area contributed by atoms with Gasteiger partial charge in [0.1, 0.15) is 18.5 Å². The minimum atomic E-state index is -0.539. The van der Waals surface area contributed by atoms with E-state index in [0.717, 1.165) is 26.2 Å². The Balaban J connectivity index is 1.44. The van der Waals surface area contributed by atoms with Crippen LogP contribution in [0.1, 0.15) is 5.56 Å². The van der Waals surface area contributed by atoms with Gasteiger partial charge in [-0.2, -0.15) is 5.26 Å². The number of nitrogens with zero attached hydrogens (tertiary/aromatic N) is 2. The molecule has 118 valence electrons. The van der Waals surface area contributed by atoms with Gasteiger partial charge in [0, 0.05) is 32.7 Å². The number of nitriles is 1. The third kappa shape index (κ3) is 3.96. The van der Waals surface area contributed by atoms with E-state index in [1.54, 1.807) is 24.3 Å². The number of morpholine rings is 2. The fourth-order valence-corrected chi connectivity index (χ4v) is 2.96. The molecule has 0 aliphatic carbocycles. The topological polar surface area (TPSA) is 77.8 Å². The van der Waals surface area contributed by atoms with Crippen LogP contribution < -0.4 is 10.1 Å². The van der Waals surface area contributed by atoms with Gasteiger partial charge in [0.15, 0.2) is 0 Å². The largest absolute Gasteiger partial charge is 0.491 e. The van der Waals surface area contributed by atoms with Gasteiger partial charge in [-0.25, -0.2) is 0 Å². The van der Waals surface area contributed by atoms with Gasteiger partial charge >= 0.3 is 0 Å². The molecule has 0 radical (unpaired) electrons. The van der Waals surface area contributed by atoms with Crippen molar-refractivity contribution in [3.63, 3.8) is 0 Å². The molecule has 6 heteroatoms. The zero-order valence-corrected chi connectivity index (χ0v) is 12.4. The molecule has 2 N–H and O–H groups in total. The van der Waals surface area contributed by atoms with Crippen molar-refractivity contribution in [1.29, 1.82) is 5.26 Å². The van der Waals surface area contributed by atoms with E-state index in [0.29, 0.717) is 17.9 Å². The number of aliphatic hydroxyl groups excluding tert-OH is 1. The third-order valence-corrected chi connectivity index (χ3v) is 3.95. The summed E-state index contributed by atoms with van der Waals surface area (Å²) in [6.45, 7) is 4.29. The maximum atomic E-state index is 10.2. The lowest BCUT2D eigenvalue weighted by Gasteiger charge is -2.42. The van der Waals surface area contributed by atoms with Crippen LogP contribution in [0.3, 0.4) is 0 Å². The molecule has 2 unspecified atom stereocenters. The number of nitrogens with one attached hydrogen (secondary N) is 1. The van der Waals surface area contributed by atoms with Gasteiger partial charge in [0.2, 0.25) is 0 Å². The van der Waals surface area contributed by atoms with Crippen molar-refractivity contribution in [2.75, 3.05) is 39.3 Å². The second kappa shape index (κ2) is 7.07. The Morgan fingerprint density at radius 1 is 1.32 bits per heavy atom. The van der Waals surface area contributed by atoms with Crippen molar-refractivity contribution < 1.29 is 14.6 Å². The molecule has 1 aromatic rings. The molecular formula is C16H21N3O3. The summed E-state index contributed by atoms with van der Waals surface area (Å²) >= 11 is 0. The van der Waals surface area contributed by atoms with E-state index >= 15 is 0 Å². The quantitative estimate of drug-likeness (QED) is 0.795. The summed E-state index contributed by atoms with van der Waals surface area (Å²) in [6, 6.07) is 8.97. The van der Waals surface area contributed by atoms with Crippen LogP contribution in [0.25, 0.3) is 0 Å². The smallest absolute Gasteiger partial charge is 0.119 e. The van der Waals surface area contributed by atoms with Crippen molar-refractivity contribution in [1.82, 2.24) is 10.2 Å². The molecule has 2 aliphatic rings. The number of ether oxygens (including phenoxy) is 2. The molecule has 2 saturated heterocycles. The highest BCUT2D eigenvalue weighted by Crippen LogP contribution is 2.15. The predicted molar refractivity (Wildman–Crippen MR) is 80.6 cm³/mol. The highest BCUT2D eigenvalue weighted by Gasteiger charge is 2.31. The summed E-state index contributed by atoms with van der Waals surface area (Å²) in [5.74, 6) is 0.668. The Labute approximate surface area is 130 Å². The summed E-state index contributed by atoms with van der Waals surface area (Å²) in [7, 11) is 0. The SMILES string of the molecule is N#Cc1ccc(OC[C@H](O)CN2CC3CNCC(C2)O3)cc1. The van der Waals surface area contributed by atoms with Crippen LogP contribution >= 0.6 is 0 Å². The van der Waals surface area contributed by atoms with Gasteiger partial charge in [-0.15, -0.1) is 0 Å². The summed E-state index contributed by atoms with van der Waals surface area (Å²) in [6.07, 6.45) is -0.0966. The van der Waals surface area contributed by atoms with E-state index < -0.39 is 6.10 Å². The second-order valence-corrected chi connectivity index (χ2v) is 5.86. The number of hydrogen-bond donors (Lipinski definition) is 2. The molecule has 3 atom stereocenters. The molecule has 0 spiro atoms. The minimum absolute atomic E-state index is 0.221. The van der Waals surface area contributed by atoms with Gasteiger partial charge in [-0.05, 0) is 24.3 Å². The highest BCUT2D eigenvalue weighted by molar-refractivity contribution is 5.34.